The van der Waals surface area contributed by atoms with Gasteiger partial charge in [-0.3, -0.25) is 0 Å². The average Bonchev–Trinajstić information content (AvgIpc) is 3.29. The van der Waals surface area contributed by atoms with Gasteiger partial charge >= 0.3 is 0 Å². The third-order valence-corrected chi connectivity index (χ3v) is 9.54. The summed E-state index contributed by atoms with van der Waals surface area (Å²) in [5.74, 6) is 0.832. The molecule has 5 rings (SSSR count). The van der Waals surface area contributed by atoms with E-state index in [4.69, 9.17) is 0 Å². The van der Waals surface area contributed by atoms with Gasteiger partial charge in [0.15, 0.2) is 5.82 Å². The first-order valence-corrected chi connectivity index (χ1v) is 13.7. The molecular formula is C23H29BrN6O2S. The van der Waals surface area contributed by atoms with Gasteiger partial charge in [-0.25, -0.2) is 17.7 Å². The molecule has 8 nitrogen and oxygen atoms in total. The van der Waals surface area contributed by atoms with Crippen molar-refractivity contribution < 1.29 is 8.42 Å². The van der Waals surface area contributed by atoms with E-state index in [0.717, 1.165) is 44.5 Å². The topological polar surface area (TPSA) is 90.5 Å². The Morgan fingerprint density at radius 2 is 1.76 bits per heavy atom. The zero-order valence-corrected chi connectivity index (χ0v) is 21.2. The fourth-order valence-electron chi connectivity index (χ4n) is 5.06. The van der Waals surface area contributed by atoms with E-state index in [0.29, 0.717) is 29.4 Å². The summed E-state index contributed by atoms with van der Waals surface area (Å²) in [5, 5.41) is 6.80. The van der Waals surface area contributed by atoms with E-state index in [1.54, 1.807) is 12.3 Å². The molecule has 2 unspecified atom stereocenters. The predicted molar refractivity (Wildman–Crippen MR) is 137 cm³/mol. The summed E-state index contributed by atoms with van der Waals surface area (Å²) in [6.45, 7) is 6.35. The molecule has 1 saturated carbocycles. The number of aromatic nitrogens is 2. The minimum atomic E-state index is -3.63. The van der Waals surface area contributed by atoms with Crippen LogP contribution in [0.3, 0.4) is 0 Å². The lowest BCUT2D eigenvalue weighted by Crippen LogP contribution is -2.54. The second-order valence-corrected chi connectivity index (χ2v) is 12.4. The average molecular weight is 533 g/mol. The zero-order valence-electron chi connectivity index (χ0n) is 18.8. The van der Waals surface area contributed by atoms with Crippen molar-refractivity contribution in [1.29, 1.82) is 0 Å². The number of halogens is 1. The molecule has 10 heteroatoms. The molecule has 0 radical (unpaired) electrons. The second kappa shape index (κ2) is 8.88. The smallest absolute Gasteiger partial charge is 0.272 e. The summed E-state index contributed by atoms with van der Waals surface area (Å²) < 4.78 is 27.8. The van der Waals surface area contributed by atoms with Crippen LogP contribution in [0.15, 0.2) is 34.3 Å². The Bertz CT molecular complexity index is 1150. The van der Waals surface area contributed by atoms with Crippen LogP contribution in [0.2, 0.25) is 0 Å². The second-order valence-electron chi connectivity index (χ2n) is 9.21. The fraction of sp³-hybridized carbons (Fsp3) is 0.478. The van der Waals surface area contributed by atoms with Gasteiger partial charge in [0.05, 0.1) is 0 Å². The molecule has 0 bridgehead atoms. The molecule has 1 aromatic heterocycles. The van der Waals surface area contributed by atoms with Gasteiger partial charge in [0, 0.05) is 54.4 Å². The van der Waals surface area contributed by atoms with Crippen LogP contribution >= 0.6 is 15.9 Å². The summed E-state index contributed by atoms with van der Waals surface area (Å²) in [7, 11) is -3.63. The van der Waals surface area contributed by atoms with E-state index in [1.807, 2.05) is 12.1 Å². The molecule has 1 saturated heterocycles. The summed E-state index contributed by atoms with van der Waals surface area (Å²) in [6, 6.07) is 9.05. The Morgan fingerprint density at radius 1 is 1.09 bits per heavy atom. The van der Waals surface area contributed by atoms with Crippen LogP contribution in [0, 0.1) is 0 Å². The van der Waals surface area contributed by atoms with Gasteiger partial charge in [-0.2, -0.15) is 4.98 Å². The van der Waals surface area contributed by atoms with E-state index >= 15 is 0 Å². The molecule has 3 aliphatic rings. The Balaban J connectivity index is 1.39. The molecule has 2 N–H and O–H groups in total. The van der Waals surface area contributed by atoms with Crippen molar-refractivity contribution in [3.05, 3.63) is 39.8 Å². The fourth-order valence-corrected chi connectivity index (χ4v) is 7.21. The van der Waals surface area contributed by atoms with E-state index in [2.05, 4.69) is 67.4 Å². The quantitative estimate of drug-likeness (QED) is 0.609. The van der Waals surface area contributed by atoms with Crippen LogP contribution in [0.1, 0.15) is 45.1 Å². The number of piperazine rings is 1. The number of nitrogens with zero attached hydrogens (tertiary/aromatic N) is 4. The molecule has 0 spiro atoms. The summed E-state index contributed by atoms with van der Waals surface area (Å²) in [6.07, 6.45) is 7.01. The molecule has 2 fully saturated rings. The van der Waals surface area contributed by atoms with Crippen molar-refractivity contribution in [2.24, 2.45) is 0 Å². The maximum Gasteiger partial charge on any atom is 0.272 e. The van der Waals surface area contributed by atoms with Gasteiger partial charge in [0.2, 0.25) is 5.95 Å². The summed E-state index contributed by atoms with van der Waals surface area (Å²) in [4.78, 5) is 11.5. The largest absolute Gasteiger partial charge is 0.368 e. The number of hydrogen-bond donors (Lipinski definition) is 2. The monoisotopic (exact) mass is 532 g/mol. The van der Waals surface area contributed by atoms with Gasteiger partial charge in [-0.1, -0.05) is 12.8 Å². The number of hydrogen-bond acceptors (Lipinski definition) is 7. The zero-order chi connectivity index (χ0) is 23.2. The molecule has 2 aliphatic heterocycles. The Morgan fingerprint density at radius 3 is 2.42 bits per heavy atom. The molecule has 3 heterocycles. The first kappa shape index (κ1) is 22.6. The third-order valence-electron chi connectivity index (χ3n) is 6.48. The lowest BCUT2D eigenvalue weighted by Gasteiger charge is -2.37. The number of fused-ring (bicyclic) bond motifs is 1. The van der Waals surface area contributed by atoms with Crippen LogP contribution in [0.5, 0.6) is 0 Å². The van der Waals surface area contributed by atoms with Crippen molar-refractivity contribution in [3.63, 3.8) is 0 Å². The molecular weight excluding hydrogens is 504 g/mol. The van der Waals surface area contributed by atoms with Crippen molar-refractivity contribution >= 4 is 55.2 Å². The molecule has 176 valence electrons. The number of benzene rings is 1. The molecule has 2 aromatic rings. The van der Waals surface area contributed by atoms with Crippen molar-refractivity contribution in [2.75, 3.05) is 27.6 Å². The van der Waals surface area contributed by atoms with Crippen molar-refractivity contribution in [3.8, 4) is 0 Å². The van der Waals surface area contributed by atoms with E-state index in [1.165, 1.54) is 9.99 Å². The van der Waals surface area contributed by atoms with Crippen molar-refractivity contribution in [2.45, 2.75) is 57.7 Å². The molecule has 0 amide bonds. The first-order chi connectivity index (χ1) is 15.8. The minimum absolute atomic E-state index is 0.0687. The van der Waals surface area contributed by atoms with Crippen LogP contribution in [-0.2, 0) is 10.0 Å². The number of sulfonamides is 1. The third kappa shape index (κ3) is 4.48. The molecule has 1 aromatic carbocycles. The lowest BCUT2D eigenvalue weighted by atomic mass is 10.1. The van der Waals surface area contributed by atoms with Gasteiger partial charge in [0.25, 0.3) is 10.0 Å². The minimum Gasteiger partial charge on any atom is -0.368 e. The maximum atomic E-state index is 13.1. The SMILES string of the molecule is CC1CN(c2ccc(Nc3ncc4c(n3)N(C3CCCC3)S(=O)(=O)C(Br)=C4)cc2)CC(C)N1. The highest BCUT2D eigenvalue weighted by Gasteiger charge is 2.39. The molecule has 33 heavy (non-hydrogen) atoms. The van der Waals surface area contributed by atoms with Crippen LogP contribution in [-0.4, -0.2) is 49.6 Å². The Kier molecular flexibility index (Phi) is 6.09. The van der Waals surface area contributed by atoms with Gasteiger partial charge in [0.1, 0.15) is 3.81 Å². The first-order valence-electron chi connectivity index (χ1n) is 11.5. The highest BCUT2D eigenvalue weighted by Crippen LogP contribution is 2.40. The van der Waals surface area contributed by atoms with Gasteiger partial charge < -0.3 is 15.5 Å². The Labute approximate surface area is 203 Å². The van der Waals surface area contributed by atoms with Crippen LogP contribution in [0.25, 0.3) is 6.08 Å². The summed E-state index contributed by atoms with van der Waals surface area (Å²) >= 11 is 3.24. The highest BCUT2D eigenvalue weighted by molar-refractivity contribution is 9.13. The van der Waals surface area contributed by atoms with E-state index in [9.17, 15) is 8.42 Å². The maximum absolute atomic E-state index is 13.1. The van der Waals surface area contributed by atoms with Crippen molar-refractivity contribution in [1.82, 2.24) is 15.3 Å². The lowest BCUT2D eigenvalue weighted by molar-refractivity contribution is 0.407. The molecule has 2 atom stereocenters. The van der Waals surface area contributed by atoms with E-state index in [-0.39, 0.29) is 9.86 Å². The highest BCUT2D eigenvalue weighted by atomic mass is 79.9. The normalized spacial score (nSPS) is 25.0. The van der Waals surface area contributed by atoms with E-state index < -0.39 is 10.0 Å². The predicted octanol–water partition coefficient (Wildman–Crippen LogP) is 4.19. The van der Waals surface area contributed by atoms with Crippen LogP contribution in [0.4, 0.5) is 23.1 Å². The van der Waals surface area contributed by atoms with Gasteiger partial charge in [-0.15, -0.1) is 0 Å². The Hall–Kier alpha value is -2.17. The number of anilines is 4. The molecule has 1 aliphatic carbocycles. The van der Waals surface area contributed by atoms with Crippen LogP contribution < -0.4 is 19.8 Å². The number of rotatable bonds is 4. The number of nitrogens with one attached hydrogen (secondary N) is 2. The van der Waals surface area contributed by atoms with Gasteiger partial charge in [-0.05, 0) is 73.0 Å². The standard InChI is InChI=1S/C23H29BrN6O2S/c1-15-13-29(14-16(2)26-15)19-9-7-18(8-10-19)27-23-25-12-17-11-21(24)33(31,32)30(22(17)28-23)20-5-3-4-6-20/h7-12,15-16,20,26H,3-6,13-14H2,1-2H3,(H,25,27,28). The summed E-state index contributed by atoms with van der Waals surface area (Å²) in [5.41, 5.74) is 2.74.